The van der Waals surface area contributed by atoms with Crippen LogP contribution in [0.5, 0.6) is 0 Å². The van der Waals surface area contributed by atoms with Crippen molar-refractivity contribution in [2.45, 2.75) is 6.04 Å². The standard InChI is InChI=1S/C20H20N6O2/c21-18(27)13-7-4-8-14-17(13)23-11-24-19(14)26-16-10-22-9-15(16)20(28)25-12-5-2-1-3-6-12/h1-8,11,15-16,22H,9-10H2,(H2,21,27)(H,25,28)(H,23,24,26)/t15-,16-/m1/s1. The van der Waals surface area contributed by atoms with E-state index in [0.717, 1.165) is 5.69 Å². The lowest BCUT2D eigenvalue weighted by molar-refractivity contribution is -0.119. The Labute approximate surface area is 161 Å². The van der Waals surface area contributed by atoms with Crippen LogP contribution >= 0.6 is 0 Å². The third-order valence-corrected chi connectivity index (χ3v) is 4.84. The van der Waals surface area contributed by atoms with Crippen LogP contribution in [0.15, 0.2) is 54.9 Å². The van der Waals surface area contributed by atoms with Gasteiger partial charge in [0.05, 0.1) is 23.0 Å². The Kier molecular flexibility index (Phi) is 4.86. The summed E-state index contributed by atoms with van der Waals surface area (Å²) in [5, 5.41) is 10.2. The SMILES string of the molecule is NC(=O)c1cccc2c(N[C@@H]3CNC[C@H]3C(=O)Nc3ccccc3)ncnc12. The fourth-order valence-electron chi connectivity index (χ4n) is 3.44. The van der Waals surface area contributed by atoms with E-state index in [4.69, 9.17) is 5.73 Å². The molecule has 2 amide bonds. The predicted molar refractivity (Wildman–Crippen MR) is 107 cm³/mol. The highest BCUT2D eigenvalue weighted by Crippen LogP contribution is 2.25. The molecule has 3 aromatic rings. The minimum Gasteiger partial charge on any atom is -0.366 e. The van der Waals surface area contributed by atoms with Gasteiger partial charge in [-0.25, -0.2) is 9.97 Å². The number of hydrogen-bond acceptors (Lipinski definition) is 6. The van der Waals surface area contributed by atoms with E-state index in [-0.39, 0.29) is 17.9 Å². The second kappa shape index (κ2) is 7.61. The summed E-state index contributed by atoms with van der Waals surface area (Å²) in [5.74, 6) is -0.313. The Bertz CT molecular complexity index is 1020. The van der Waals surface area contributed by atoms with E-state index in [9.17, 15) is 9.59 Å². The van der Waals surface area contributed by atoms with Crippen molar-refractivity contribution in [3.05, 3.63) is 60.4 Å². The molecule has 0 aliphatic carbocycles. The lowest BCUT2D eigenvalue weighted by Crippen LogP contribution is -2.37. The average molecular weight is 376 g/mol. The molecule has 1 aliphatic heterocycles. The number of nitrogens with two attached hydrogens (primary N) is 1. The zero-order valence-corrected chi connectivity index (χ0v) is 15.1. The predicted octanol–water partition coefficient (Wildman–Crippen LogP) is 1.37. The second-order valence-electron chi connectivity index (χ2n) is 6.66. The number of nitrogens with one attached hydrogen (secondary N) is 3. The van der Waals surface area contributed by atoms with Gasteiger partial charge in [-0.1, -0.05) is 24.3 Å². The third-order valence-electron chi connectivity index (χ3n) is 4.84. The first-order valence-corrected chi connectivity index (χ1v) is 9.00. The highest BCUT2D eigenvalue weighted by Gasteiger charge is 2.33. The number of primary amides is 1. The van der Waals surface area contributed by atoms with E-state index in [1.807, 2.05) is 36.4 Å². The molecule has 1 saturated heterocycles. The van der Waals surface area contributed by atoms with Crippen molar-refractivity contribution in [3.8, 4) is 0 Å². The fourth-order valence-corrected chi connectivity index (χ4v) is 3.44. The summed E-state index contributed by atoms with van der Waals surface area (Å²) in [4.78, 5) is 32.9. The smallest absolute Gasteiger partial charge is 0.250 e. The molecular formula is C20H20N6O2. The van der Waals surface area contributed by atoms with Crippen LogP contribution in [-0.2, 0) is 4.79 Å². The number of carbonyl (C=O) groups is 2. The van der Waals surface area contributed by atoms with Gasteiger partial charge in [-0.2, -0.15) is 0 Å². The Balaban J connectivity index is 1.57. The van der Waals surface area contributed by atoms with Crippen LogP contribution in [0.4, 0.5) is 11.5 Å². The van der Waals surface area contributed by atoms with Gasteiger partial charge in [-0.15, -0.1) is 0 Å². The third kappa shape index (κ3) is 3.49. The molecule has 0 unspecified atom stereocenters. The van der Waals surface area contributed by atoms with Crippen molar-refractivity contribution in [1.29, 1.82) is 0 Å². The number of rotatable bonds is 5. The van der Waals surface area contributed by atoms with Crippen LogP contribution in [0.3, 0.4) is 0 Å². The van der Waals surface area contributed by atoms with Gasteiger partial charge in [0.2, 0.25) is 5.91 Å². The van der Waals surface area contributed by atoms with E-state index in [0.29, 0.717) is 35.4 Å². The van der Waals surface area contributed by atoms with Crippen LogP contribution in [0.2, 0.25) is 0 Å². The monoisotopic (exact) mass is 376 g/mol. The zero-order valence-electron chi connectivity index (χ0n) is 15.1. The van der Waals surface area contributed by atoms with Gasteiger partial charge in [0.25, 0.3) is 5.91 Å². The van der Waals surface area contributed by atoms with Crippen molar-refractivity contribution >= 4 is 34.2 Å². The van der Waals surface area contributed by atoms with E-state index in [1.54, 1.807) is 12.1 Å². The molecule has 0 bridgehead atoms. The molecule has 1 aliphatic rings. The molecule has 0 spiro atoms. The molecular weight excluding hydrogens is 356 g/mol. The summed E-state index contributed by atoms with van der Waals surface area (Å²) in [6.07, 6.45) is 1.39. The van der Waals surface area contributed by atoms with E-state index >= 15 is 0 Å². The Morgan fingerprint density at radius 3 is 2.64 bits per heavy atom. The van der Waals surface area contributed by atoms with Gasteiger partial charge in [-0.3, -0.25) is 9.59 Å². The fraction of sp³-hybridized carbons (Fsp3) is 0.200. The number of carbonyl (C=O) groups excluding carboxylic acids is 2. The Morgan fingerprint density at radius 1 is 1.04 bits per heavy atom. The van der Waals surface area contributed by atoms with Crippen molar-refractivity contribution in [2.24, 2.45) is 11.7 Å². The lowest BCUT2D eigenvalue weighted by atomic mass is 10.0. The lowest BCUT2D eigenvalue weighted by Gasteiger charge is -2.21. The van der Waals surface area contributed by atoms with Crippen LogP contribution in [-0.4, -0.2) is 40.9 Å². The number of nitrogens with zero attached hydrogens (tertiary/aromatic N) is 2. The van der Waals surface area contributed by atoms with Crippen LogP contribution < -0.4 is 21.7 Å². The molecule has 8 nitrogen and oxygen atoms in total. The maximum absolute atomic E-state index is 12.7. The minimum absolute atomic E-state index is 0.0649. The summed E-state index contributed by atoms with van der Waals surface area (Å²) < 4.78 is 0. The van der Waals surface area contributed by atoms with Gasteiger partial charge < -0.3 is 21.7 Å². The molecule has 0 radical (unpaired) electrons. The number of anilines is 2. The van der Waals surface area contributed by atoms with Crippen molar-refractivity contribution in [2.75, 3.05) is 23.7 Å². The van der Waals surface area contributed by atoms with Gasteiger partial charge in [-0.05, 0) is 24.3 Å². The highest BCUT2D eigenvalue weighted by molar-refractivity contribution is 6.07. The molecule has 4 rings (SSSR count). The number of para-hydroxylation sites is 2. The number of benzene rings is 2. The van der Waals surface area contributed by atoms with Crippen LogP contribution in [0, 0.1) is 5.92 Å². The van der Waals surface area contributed by atoms with E-state index in [1.165, 1.54) is 6.33 Å². The molecule has 2 heterocycles. The molecule has 2 atom stereocenters. The highest BCUT2D eigenvalue weighted by atomic mass is 16.2. The van der Waals surface area contributed by atoms with E-state index < -0.39 is 5.91 Å². The zero-order chi connectivity index (χ0) is 19.5. The number of hydrogen-bond donors (Lipinski definition) is 4. The molecule has 0 saturated carbocycles. The van der Waals surface area contributed by atoms with Crippen molar-refractivity contribution in [3.63, 3.8) is 0 Å². The molecule has 1 aromatic heterocycles. The first kappa shape index (κ1) is 17.9. The summed E-state index contributed by atoms with van der Waals surface area (Å²) in [5.41, 5.74) is 7.04. The van der Waals surface area contributed by atoms with E-state index in [2.05, 4.69) is 25.9 Å². The molecule has 1 fully saturated rings. The maximum atomic E-state index is 12.7. The molecule has 2 aromatic carbocycles. The van der Waals surface area contributed by atoms with Crippen LogP contribution in [0.25, 0.3) is 10.9 Å². The largest absolute Gasteiger partial charge is 0.366 e. The quantitative estimate of drug-likeness (QED) is 0.533. The maximum Gasteiger partial charge on any atom is 0.250 e. The number of fused-ring (bicyclic) bond motifs is 1. The molecule has 8 heteroatoms. The Hall–Kier alpha value is -3.52. The van der Waals surface area contributed by atoms with Gasteiger partial charge in [0, 0.05) is 24.2 Å². The first-order valence-electron chi connectivity index (χ1n) is 9.00. The number of amides is 2. The molecule has 142 valence electrons. The second-order valence-corrected chi connectivity index (χ2v) is 6.66. The summed E-state index contributed by atoms with van der Waals surface area (Å²) in [7, 11) is 0. The van der Waals surface area contributed by atoms with Gasteiger partial charge >= 0.3 is 0 Å². The normalized spacial score (nSPS) is 18.7. The number of aromatic nitrogens is 2. The minimum atomic E-state index is -0.544. The summed E-state index contributed by atoms with van der Waals surface area (Å²) in [6, 6.07) is 14.4. The topological polar surface area (TPSA) is 122 Å². The van der Waals surface area contributed by atoms with Gasteiger partial charge in [0.15, 0.2) is 0 Å². The van der Waals surface area contributed by atoms with Crippen molar-refractivity contribution in [1.82, 2.24) is 15.3 Å². The van der Waals surface area contributed by atoms with Gasteiger partial charge in [0.1, 0.15) is 12.1 Å². The summed E-state index contributed by atoms with van der Waals surface area (Å²) in [6.45, 7) is 1.18. The average Bonchev–Trinajstić information content (AvgIpc) is 3.17. The first-order chi connectivity index (χ1) is 13.6. The Morgan fingerprint density at radius 2 is 1.86 bits per heavy atom. The van der Waals surface area contributed by atoms with Crippen molar-refractivity contribution < 1.29 is 9.59 Å². The van der Waals surface area contributed by atoms with Crippen LogP contribution in [0.1, 0.15) is 10.4 Å². The molecule has 5 N–H and O–H groups in total. The summed E-state index contributed by atoms with van der Waals surface area (Å²) >= 11 is 0. The molecule has 28 heavy (non-hydrogen) atoms.